The van der Waals surface area contributed by atoms with E-state index in [4.69, 9.17) is 0 Å². The average molecular weight is 291 g/mol. The van der Waals surface area contributed by atoms with Gasteiger partial charge in [-0.25, -0.2) is 20.7 Å². The monoisotopic (exact) mass is 291 g/mol. The lowest BCUT2D eigenvalue weighted by atomic mass is 10.2. The van der Waals surface area contributed by atoms with E-state index in [-0.39, 0.29) is 23.0 Å². The second kappa shape index (κ2) is 6.13. The fraction of sp³-hybridized carbons (Fsp3) is 0.333. The number of urea groups is 1. The third-order valence-electron chi connectivity index (χ3n) is 2.85. The predicted octanol–water partition coefficient (Wildman–Crippen LogP) is 3.38. The minimum absolute atomic E-state index is 0.103. The molecular weight excluding hydrogens is 270 g/mol. The topological polar surface area (TPSA) is 54.0 Å². The summed E-state index contributed by atoms with van der Waals surface area (Å²) in [7, 11) is -0.108. The van der Waals surface area contributed by atoms with Crippen molar-refractivity contribution in [3.8, 4) is 0 Å². The van der Waals surface area contributed by atoms with Gasteiger partial charge in [0.2, 0.25) is 0 Å². The zero-order valence-electron chi connectivity index (χ0n) is 12.3. The standard InChI is InChI=1S/C15H21N3OS/c1-10(2)16-15(19)18-14-8-5-11-9-12(20(3)4)6-7-13(11)17-14/h5-10,20H,1-4H3,(H2,16,17,18,19). The van der Waals surface area contributed by atoms with E-state index in [0.717, 1.165) is 10.9 Å². The van der Waals surface area contributed by atoms with Crippen molar-refractivity contribution in [3.63, 3.8) is 0 Å². The van der Waals surface area contributed by atoms with Crippen molar-refractivity contribution in [1.29, 1.82) is 0 Å². The molecule has 1 heterocycles. The lowest BCUT2D eigenvalue weighted by Crippen LogP contribution is -2.34. The number of anilines is 1. The van der Waals surface area contributed by atoms with Gasteiger partial charge in [0.05, 0.1) is 5.52 Å². The highest BCUT2D eigenvalue weighted by atomic mass is 32.2. The number of carbonyl (C=O) groups excluding carboxylic acids is 1. The number of nitrogens with zero attached hydrogens (tertiary/aromatic N) is 1. The number of fused-ring (bicyclic) bond motifs is 1. The number of aromatic nitrogens is 1. The molecule has 108 valence electrons. The maximum atomic E-state index is 11.6. The Morgan fingerprint density at radius 1 is 1.20 bits per heavy atom. The Bertz CT molecular complexity index is 626. The zero-order valence-corrected chi connectivity index (χ0v) is 13.2. The molecule has 0 aliphatic heterocycles. The number of thiol groups is 1. The number of amides is 2. The van der Waals surface area contributed by atoms with E-state index in [1.807, 2.05) is 32.0 Å². The van der Waals surface area contributed by atoms with Crippen LogP contribution in [0.1, 0.15) is 13.8 Å². The van der Waals surface area contributed by atoms with E-state index in [1.165, 1.54) is 4.90 Å². The smallest absolute Gasteiger partial charge is 0.320 e. The van der Waals surface area contributed by atoms with E-state index in [0.29, 0.717) is 5.82 Å². The van der Waals surface area contributed by atoms with Crippen molar-refractivity contribution in [1.82, 2.24) is 10.3 Å². The van der Waals surface area contributed by atoms with Crippen molar-refractivity contribution >= 4 is 33.6 Å². The Labute approximate surface area is 122 Å². The van der Waals surface area contributed by atoms with E-state index in [1.54, 1.807) is 0 Å². The Hall–Kier alpha value is -1.75. The van der Waals surface area contributed by atoms with Crippen molar-refractivity contribution in [2.24, 2.45) is 0 Å². The van der Waals surface area contributed by atoms with Crippen LogP contribution in [-0.4, -0.2) is 29.6 Å². The Morgan fingerprint density at radius 3 is 2.60 bits per heavy atom. The molecule has 2 N–H and O–H groups in total. The number of carbonyl (C=O) groups is 1. The summed E-state index contributed by atoms with van der Waals surface area (Å²) in [6.07, 6.45) is 4.46. The molecule has 2 aromatic rings. The van der Waals surface area contributed by atoms with Gasteiger partial charge in [0.1, 0.15) is 5.82 Å². The lowest BCUT2D eigenvalue weighted by molar-refractivity contribution is 0.250. The van der Waals surface area contributed by atoms with Crippen molar-refractivity contribution in [2.75, 3.05) is 17.8 Å². The first-order valence-electron chi connectivity index (χ1n) is 6.61. The molecule has 1 aromatic heterocycles. The summed E-state index contributed by atoms with van der Waals surface area (Å²) in [5.74, 6) is 0.568. The number of benzene rings is 1. The molecule has 0 aliphatic rings. The van der Waals surface area contributed by atoms with E-state index >= 15 is 0 Å². The highest BCUT2D eigenvalue weighted by Crippen LogP contribution is 2.30. The Balaban J connectivity index is 2.21. The number of hydrogen-bond acceptors (Lipinski definition) is 2. The van der Waals surface area contributed by atoms with Gasteiger partial charge in [-0.2, -0.15) is 0 Å². The second-order valence-corrected chi connectivity index (χ2v) is 7.53. The highest BCUT2D eigenvalue weighted by molar-refractivity contribution is 8.15. The molecule has 0 spiro atoms. The van der Waals surface area contributed by atoms with Gasteiger partial charge >= 0.3 is 6.03 Å². The van der Waals surface area contributed by atoms with Crippen molar-refractivity contribution in [2.45, 2.75) is 24.8 Å². The van der Waals surface area contributed by atoms with Crippen LogP contribution < -0.4 is 10.6 Å². The van der Waals surface area contributed by atoms with Gasteiger partial charge in [-0.15, -0.1) is 0 Å². The molecule has 2 rings (SSSR count). The minimum Gasteiger partial charge on any atom is -0.336 e. The van der Waals surface area contributed by atoms with E-state index in [9.17, 15) is 4.79 Å². The van der Waals surface area contributed by atoms with Crippen LogP contribution >= 0.6 is 10.9 Å². The summed E-state index contributed by atoms with van der Waals surface area (Å²) < 4.78 is 0. The SMILES string of the molecule is CC(C)NC(=O)Nc1ccc2cc([SH](C)C)ccc2n1. The third-order valence-corrected chi connectivity index (χ3v) is 4.16. The Kier molecular flexibility index (Phi) is 4.49. The van der Waals surface area contributed by atoms with Gasteiger partial charge in [0.25, 0.3) is 0 Å². The summed E-state index contributed by atoms with van der Waals surface area (Å²) in [6, 6.07) is 10.00. The number of hydrogen-bond donors (Lipinski definition) is 3. The van der Waals surface area contributed by atoms with Gasteiger partial charge in [0, 0.05) is 11.4 Å². The van der Waals surface area contributed by atoms with Crippen LogP contribution in [0.5, 0.6) is 0 Å². The highest BCUT2D eigenvalue weighted by Gasteiger charge is 2.05. The van der Waals surface area contributed by atoms with Gasteiger partial charge in [0.15, 0.2) is 0 Å². The molecule has 0 saturated heterocycles. The second-order valence-electron chi connectivity index (χ2n) is 5.22. The van der Waals surface area contributed by atoms with Crippen LogP contribution in [-0.2, 0) is 0 Å². The quantitative estimate of drug-likeness (QED) is 0.759. The number of pyridine rings is 1. The maximum absolute atomic E-state index is 11.6. The van der Waals surface area contributed by atoms with Crippen LogP contribution in [0.3, 0.4) is 0 Å². The molecule has 0 unspecified atom stereocenters. The molecule has 2 amide bonds. The predicted molar refractivity (Wildman–Crippen MR) is 88.1 cm³/mol. The lowest BCUT2D eigenvalue weighted by Gasteiger charge is -2.12. The first kappa shape index (κ1) is 14.7. The van der Waals surface area contributed by atoms with Crippen LogP contribution in [0.25, 0.3) is 10.9 Å². The zero-order chi connectivity index (χ0) is 14.7. The molecule has 0 fully saturated rings. The van der Waals surface area contributed by atoms with Gasteiger partial charge in [-0.3, -0.25) is 5.32 Å². The molecular formula is C15H21N3OS. The fourth-order valence-corrected chi connectivity index (χ4v) is 2.65. The fourth-order valence-electron chi connectivity index (χ4n) is 1.88. The largest absolute Gasteiger partial charge is 0.336 e. The van der Waals surface area contributed by atoms with Crippen LogP contribution in [0.15, 0.2) is 35.2 Å². The molecule has 1 aromatic carbocycles. The summed E-state index contributed by atoms with van der Waals surface area (Å²) >= 11 is 0. The first-order valence-corrected chi connectivity index (χ1v) is 8.85. The van der Waals surface area contributed by atoms with Crippen molar-refractivity contribution in [3.05, 3.63) is 30.3 Å². The molecule has 0 bridgehead atoms. The minimum atomic E-state index is -0.228. The summed E-state index contributed by atoms with van der Waals surface area (Å²) in [4.78, 5) is 17.5. The number of nitrogens with one attached hydrogen (secondary N) is 2. The molecule has 0 atom stereocenters. The number of rotatable bonds is 3. The molecule has 0 radical (unpaired) electrons. The average Bonchev–Trinajstić information content (AvgIpc) is 2.36. The molecule has 4 nitrogen and oxygen atoms in total. The molecule has 5 heteroatoms. The molecule has 0 aliphatic carbocycles. The molecule has 0 saturated carbocycles. The van der Waals surface area contributed by atoms with E-state index in [2.05, 4.69) is 40.3 Å². The molecule has 20 heavy (non-hydrogen) atoms. The maximum Gasteiger partial charge on any atom is 0.320 e. The summed E-state index contributed by atoms with van der Waals surface area (Å²) in [5.41, 5.74) is 0.896. The van der Waals surface area contributed by atoms with Crippen LogP contribution in [0.4, 0.5) is 10.6 Å². The summed E-state index contributed by atoms with van der Waals surface area (Å²) in [5, 5.41) is 6.63. The third kappa shape index (κ3) is 3.63. The van der Waals surface area contributed by atoms with E-state index < -0.39 is 0 Å². The van der Waals surface area contributed by atoms with Crippen LogP contribution in [0, 0.1) is 0 Å². The van der Waals surface area contributed by atoms with Gasteiger partial charge in [-0.05, 0) is 61.6 Å². The first-order chi connectivity index (χ1) is 9.45. The van der Waals surface area contributed by atoms with Gasteiger partial charge in [-0.1, -0.05) is 0 Å². The van der Waals surface area contributed by atoms with Crippen LogP contribution in [0.2, 0.25) is 0 Å². The van der Waals surface area contributed by atoms with Crippen molar-refractivity contribution < 1.29 is 4.79 Å². The normalized spacial score (nSPS) is 11.6. The Morgan fingerprint density at radius 2 is 1.95 bits per heavy atom. The summed E-state index contributed by atoms with van der Waals surface area (Å²) in [6.45, 7) is 3.84. The van der Waals surface area contributed by atoms with Gasteiger partial charge < -0.3 is 5.32 Å².